The molecule has 1 aromatic carbocycles. The number of hydrogen-bond donors (Lipinski definition) is 0. The highest BCUT2D eigenvalue weighted by Gasteiger charge is 2.29. The Balaban J connectivity index is 2.29. The van der Waals surface area contributed by atoms with Crippen molar-refractivity contribution in [1.82, 2.24) is 4.31 Å². The van der Waals surface area contributed by atoms with E-state index >= 15 is 0 Å². The van der Waals surface area contributed by atoms with Gasteiger partial charge in [0.2, 0.25) is 10.0 Å². The third-order valence-corrected chi connectivity index (χ3v) is 5.21. The molecule has 0 bridgehead atoms. The van der Waals surface area contributed by atoms with Crippen molar-refractivity contribution in [1.29, 1.82) is 0 Å². The lowest BCUT2D eigenvalue weighted by Crippen LogP contribution is -2.29. The zero-order valence-corrected chi connectivity index (χ0v) is 11.4. The first-order valence-electron chi connectivity index (χ1n) is 5.95. The van der Waals surface area contributed by atoms with Gasteiger partial charge in [-0.15, -0.1) is 0 Å². The van der Waals surface area contributed by atoms with Crippen molar-refractivity contribution < 1.29 is 8.42 Å². The van der Waals surface area contributed by atoms with Gasteiger partial charge in [-0.1, -0.05) is 17.7 Å². The maximum absolute atomic E-state index is 12.4. The van der Waals surface area contributed by atoms with Crippen molar-refractivity contribution in [2.45, 2.75) is 31.6 Å². The second-order valence-electron chi connectivity index (χ2n) is 5.00. The van der Waals surface area contributed by atoms with Crippen LogP contribution in [0.1, 0.15) is 24.0 Å². The molecule has 0 atom stereocenters. The Hall–Kier alpha value is -0.870. The number of rotatable bonds is 4. The second kappa shape index (κ2) is 4.42. The van der Waals surface area contributed by atoms with E-state index in [1.54, 1.807) is 13.1 Å². The molecular formula is C13H19NO2S. The van der Waals surface area contributed by atoms with E-state index in [-0.39, 0.29) is 0 Å². The highest BCUT2D eigenvalue weighted by atomic mass is 32.2. The number of aryl methyl sites for hydroxylation is 2. The van der Waals surface area contributed by atoms with Gasteiger partial charge in [0.15, 0.2) is 0 Å². The minimum absolute atomic E-state index is 0.436. The standard InChI is InChI=1S/C13H19NO2S/c1-10-4-7-13(11(2)8-10)17(15,16)14(3)9-12-5-6-12/h4,7-8,12H,5-6,9H2,1-3H3. The fourth-order valence-corrected chi connectivity index (χ4v) is 3.47. The lowest BCUT2D eigenvalue weighted by atomic mass is 10.2. The molecule has 0 spiro atoms. The van der Waals surface area contributed by atoms with Crippen LogP contribution in [0.4, 0.5) is 0 Å². The quantitative estimate of drug-likeness (QED) is 0.826. The van der Waals surface area contributed by atoms with Gasteiger partial charge in [0.25, 0.3) is 0 Å². The van der Waals surface area contributed by atoms with Crippen LogP contribution in [0.3, 0.4) is 0 Å². The minimum atomic E-state index is -3.31. The number of benzene rings is 1. The summed E-state index contributed by atoms with van der Waals surface area (Å²) in [6.07, 6.45) is 2.32. The highest BCUT2D eigenvalue weighted by Crippen LogP contribution is 2.31. The minimum Gasteiger partial charge on any atom is -0.207 e. The topological polar surface area (TPSA) is 37.4 Å². The Morgan fingerprint density at radius 2 is 1.94 bits per heavy atom. The van der Waals surface area contributed by atoms with Crippen molar-refractivity contribution in [3.63, 3.8) is 0 Å². The monoisotopic (exact) mass is 253 g/mol. The van der Waals surface area contributed by atoms with Crippen molar-refractivity contribution >= 4 is 10.0 Å². The Morgan fingerprint density at radius 3 is 2.47 bits per heavy atom. The van der Waals surface area contributed by atoms with E-state index in [1.807, 2.05) is 26.0 Å². The molecule has 3 nitrogen and oxygen atoms in total. The third kappa shape index (κ3) is 2.69. The van der Waals surface area contributed by atoms with Crippen LogP contribution in [0.2, 0.25) is 0 Å². The second-order valence-corrected chi connectivity index (χ2v) is 7.01. The SMILES string of the molecule is Cc1ccc(S(=O)(=O)N(C)CC2CC2)c(C)c1. The van der Waals surface area contributed by atoms with Crippen molar-refractivity contribution in [3.05, 3.63) is 29.3 Å². The van der Waals surface area contributed by atoms with Gasteiger partial charge in [0.1, 0.15) is 0 Å². The van der Waals surface area contributed by atoms with Crippen LogP contribution in [0.5, 0.6) is 0 Å². The summed E-state index contributed by atoms with van der Waals surface area (Å²) < 4.78 is 26.2. The summed E-state index contributed by atoms with van der Waals surface area (Å²) in [6, 6.07) is 5.48. The van der Waals surface area contributed by atoms with Crippen LogP contribution < -0.4 is 0 Å². The zero-order valence-electron chi connectivity index (χ0n) is 10.6. The maximum Gasteiger partial charge on any atom is 0.243 e. The summed E-state index contributed by atoms with van der Waals surface area (Å²) in [4.78, 5) is 0.436. The molecule has 0 amide bonds. The van der Waals surface area contributed by atoms with Gasteiger partial charge in [-0.2, -0.15) is 0 Å². The molecule has 0 radical (unpaired) electrons. The summed E-state index contributed by atoms with van der Waals surface area (Å²) in [6.45, 7) is 4.47. The van der Waals surface area contributed by atoms with E-state index in [1.165, 1.54) is 4.31 Å². The van der Waals surface area contributed by atoms with Crippen molar-refractivity contribution in [2.24, 2.45) is 5.92 Å². The van der Waals surface area contributed by atoms with Gasteiger partial charge in [0, 0.05) is 13.6 Å². The van der Waals surface area contributed by atoms with E-state index in [0.29, 0.717) is 17.4 Å². The molecule has 1 aliphatic carbocycles. The zero-order chi connectivity index (χ0) is 12.6. The molecule has 0 heterocycles. The molecule has 1 aliphatic rings. The van der Waals surface area contributed by atoms with Gasteiger partial charge in [-0.25, -0.2) is 12.7 Å². The molecule has 0 N–H and O–H groups in total. The lowest BCUT2D eigenvalue weighted by Gasteiger charge is -2.18. The first-order chi connectivity index (χ1) is 7.91. The fraction of sp³-hybridized carbons (Fsp3) is 0.538. The Morgan fingerprint density at radius 1 is 1.29 bits per heavy atom. The number of sulfonamides is 1. The average Bonchev–Trinajstić information content (AvgIpc) is 3.00. The Labute approximate surface area is 104 Å². The van der Waals surface area contributed by atoms with Gasteiger partial charge >= 0.3 is 0 Å². The average molecular weight is 253 g/mol. The van der Waals surface area contributed by atoms with Crippen LogP contribution in [0, 0.1) is 19.8 Å². The number of nitrogens with zero attached hydrogens (tertiary/aromatic N) is 1. The predicted molar refractivity (Wildman–Crippen MR) is 68.5 cm³/mol. The summed E-state index contributed by atoms with van der Waals surface area (Å²) in [5, 5.41) is 0. The molecule has 1 aromatic rings. The van der Waals surface area contributed by atoms with Crippen LogP contribution >= 0.6 is 0 Å². The maximum atomic E-state index is 12.4. The molecule has 0 unspecified atom stereocenters. The van der Waals surface area contributed by atoms with E-state index in [4.69, 9.17) is 0 Å². The van der Waals surface area contributed by atoms with Crippen LogP contribution in [0.15, 0.2) is 23.1 Å². The molecule has 1 fully saturated rings. The van der Waals surface area contributed by atoms with Gasteiger partial charge < -0.3 is 0 Å². The molecule has 17 heavy (non-hydrogen) atoms. The fourth-order valence-electron chi connectivity index (χ4n) is 2.02. The largest absolute Gasteiger partial charge is 0.243 e. The van der Waals surface area contributed by atoms with Crippen molar-refractivity contribution in [2.75, 3.05) is 13.6 Å². The molecule has 0 aliphatic heterocycles. The first-order valence-corrected chi connectivity index (χ1v) is 7.39. The highest BCUT2D eigenvalue weighted by molar-refractivity contribution is 7.89. The Kier molecular flexibility index (Phi) is 3.27. The molecule has 0 saturated heterocycles. The van der Waals surface area contributed by atoms with Crippen molar-refractivity contribution in [3.8, 4) is 0 Å². The van der Waals surface area contributed by atoms with E-state index in [0.717, 1.165) is 24.0 Å². The van der Waals surface area contributed by atoms with Gasteiger partial charge in [0.05, 0.1) is 4.90 Å². The third-order valence-electron chi connectivity index (χ3n) is 3.23. The predicted octanol–water partition coefficient (Wildman–Crippen LogP) is 2.33. The summed E-state index contributed by atoms with van der Waals surface area (Å²) in [5.74, 6) is 0.570. The summed E-state index contributed by atoms with van der Waals surface area (Å²) >= 11 is 0. The van der Waals surface area contributed by atoms with Gasteiger partial charge in [-0.05, 0) is 44.2 Å². The molecule has 0 aromatic heterocycles. The summed E-state index contributed by atoms with van der Waals surface area (Å²) in [7, 11) is -1.63. The Bertz CT molecular complexity index is 518. The first kappa shape index (κ1) is 12.6. The smallest absolute Gasteiger partial charge is 0.207 e. The van der Waals surface area contributed by atoms with E-state index in [2.05, 4.69) is 0 Å². The van der Waals surface area contributed by atoms with Crippen LogP contribution in [0.25, 0.3) is 0 Å². The molecule has 94 valence electrons. The van der Waals surface area contributed by atoms with Crippen LogP contribution in [-0.2, 0) is 10.0 Å². The van der Waals surface area contributed by atoms with E-state index < -0.39 is 10.0 Å². The van der Waals surface area contributed by atoms with E-state index in [9.17, 15) is 8.42 Å². The molecule has 4 heteroatoms. The molecule has 2 rings (SSSR count). The van der Waals surface area contributed by atoms with Gasteiger partial charge in [-0.3, -0.25) is 0 Å². The van der Waals surface area contributed by atoms with Crippen LogP contribution in [-0.4, -0.2) is 26.3 Å². The lowest BCUT2D eigenvalue weighted by molar-refractivity contribution is 0.452. The number of hydrogen-bond acceptors (Lipinski definition) is 2. The molecular weight excluding hydrogens is 234 g/mol. The molecule has 1 saturated carbocycles. The summed E-state index contributed by atoms with van der Waals surface area (Å²) in [5.41, 5.74) is 1.92. The normalized spacial score (nSPS) is 16.5.